The topological polar surface area (TPSA) is 145 Å². The molecule has 0 bridgehead atoms. The third-order valence-electron chi connectivity index (χ3n) is 7.82. The second kappa shape index (κ2) is 15.9. The zero-order chi connectivity index (χ0) is 33.8. The molecule has 6 rings (SSSR count). The Morgan fingerprint density at radius 3 is 2.06 bits per heavy atom. The van der Waals surface area contributed by atoms with Gasteiger partial charge in [0.1, 0.15) is 17.3 Å². The molecule has 0 atom stereocenters. The smallest absolute Gasteiger partial charge is 0.306 e. The minimum absolute atomic E-state index is 0.0704. The average Bonchev–Trinajstić information content (AvgIpc) is 3.76. The van der Waals surface area contributed by atoms with E-state index in [0.29, 0.717) is 30.6 Å². The summed E-state index contributed by atoms with van der Waals surface area (Å²) >= 11 is 0. The maximum Gasteiger partial charge on any atom is 0.306 e. The van der Waals surface area contributed by atoms with Crippen LogP contribution in [0.4, 0.5) is 5.82 Å². The molecule has 244 valence electrons. The van der Waals surface area contributed by atoms with Gasteiger partial charge in [0.15, 0.2) is 5.84 Å². The third-order valence-corrected chi connectivity index (χ3v) is 7.82. The standard InChI is InChI=1S/C39H34N6O4/c40-45-41-22-7-8-23-48-31-19-15-30(16-20-31)36-25-33(27-9-3-1-4-10-27)38(43-36)44-39-34(26-35(42-39)29-11-5-2-6-12-29)28-13-17-32(18-14-28)49-24-21-37(46)47/h1-6,9-20,25-26,43H,7-8,21-24H2,(H,46,47). The molecule has 10 nitrogen and oxygen atoms in total. The lowest BCUT2D eigenvalue weighted by molar-refractivity contribution is -0.137. The van der Waals surface area contributed by atoms with Crippen LogP contribution in [0.15, 0.2) is 136 Å². The number of carboxylic acid groups (broad SMARTS) is 1. The van der Waals surface area contributed by atoms with Crippen molar-refractivity contribution in [2.75, 3.05) is 19.8 Å². The molecule has 0 spiro atoms. The quantitative estimate of drug-likeness (QED) is 0.0503. The highest BCUT2D eigenvalue weighted by atomic mass is 16.5. The van der Waals surface area contributed by atoms with Crippen molar-refractivity contribution in [2.45, 2.75) is 19.3 Å². The number of allylic oxidation sites excluding steroid dienone is 1. The van der Waals surface area contributed by atoms with Gasteiger partial charge in [-0.05, 0) is 83.6 Å². The molecule has 0 amide bonds. The number of aromatic nitrogens is 1. The predicted octanol–water partition coefficient (Wildman–Crippen LogP) is 9.29. The first-order valence-electron chi connectivity index (χ1n) is 16.0. The van der Waals surface area contributed by atoms with Crippen LogP contribution in [0.3, 0.4) is 0 Å². The van der Waals surface area contributed by atoms with E-state index in [9.17, 15) is 4.79 Å². The SMILES string of the molecule is [N-]=[N+]=NCCCCOc1ccc(-c2cc(-c3ccccc3)c(N=C3N=C(c4ccccc4)C=C3c3ccc(OCCC(=O)O)cc3)[nH]2)cc1. The number of hydrogen-bond donors (Lipinski definition) is 2. The summed E-state index contributed by atoms with van der Waals surface area (Å²) < 4.78 is 11.5. The zero-order valence-electron chi connectivity index (χ0n) is 26.7. The number of azide groups is 1. The summed E-state index contributed by atoms with van der Waals surface area (Å²) in [5.74, 6) is 1.69. The summed E-state index contributed by atoms with van der Waals surface area (Å²) in [4.78, 5) is 27.4. The first-order chi connectivity index (χ1) is 24.1. The number of nitrogens with zero attached hydrogens (tertiary/aromatic N) is 5. The van der Waals surface area contributed by atoms with Gasteiger partial charge in [-0.2, -0.15) is 0 Å². The lowest BCUT2D eigenvalue weighted by Crippen LogP contribution is -2.04. The molecule has 5 aromatic rings. The van der Waals surface area contributed by atoms with Crippen LogP contribution >= 0.6 is 0 Å². The van der Waals surface area contributed by atoms with E-state index in [2.05, 4.69) is 33.2 Å². The number of aromatic amines is 1. The van der Waals surface area contributed by atoms with E-state index in [1.54, 1.807) is 0 Å². The molecule has 10 heteroatoms. The van der Waals surface area contributed by atoms with Crippen molar-refractivity contribution in [3.63, 3.8) is 0 Å². The number of carboxylic acids is 1. The number of amidine groups is 1. The molecule has 0 aliphatic carbocycles. The van der Waals surface area contributed by atoms with Gasteiger partial charge in [0.05, 0.1) is 25.3 Å². The van der Waals surface area contributed by atoms with Gasteiger partial charge in [0.2, 0.25) is 0 Å². The second-order valence-corrected chi connectivity index (χ2v) is 11.2. The minimum Gasteiger partial charge on any atom is -0.494 e. The number of H-pyrrole nitrogens is 1. The molecule has 1 aliphatic heterocycles. The van der Waals surface area contributed by atoms with Gasteiger partial charge in [-0.15, -0.1) is 0 Å². The van der Waals surface area contributed by atoms with Crippen molar-refractivity contribution in [3.8, 4) is 33.9 Å². The molecule has 1 aliphatic rings. The maximum atomic E-state index is 10.9. The highest BCUT2D eigenvalue weighted by molar-refractivity contribution is 6.38. The largest absolute Gasteiger partial charge is 0.494 e. The molecular weight excluding hydrogens is 616 g/mol. The Labute approximate surface area is 283 Å². The van der Waals surface area contributed by atoms with Gasteiger partial charge in [-0.3, -0.25) is 4.79 Å². The predicted molar refractivity (Wildman–Crippen MR) is 193 cm³/mol. The number of nitrogens with one attached hydrogen (secondary N) is 1. The molecule has 2 heterocycles. The van der Waals surface area contributed by atoms with Crippen molar-refractivity contribution < 1.29 is 19.4 Å². The fraction of sp³-hybridized carbons (Fsp3) is 0.154. The monoisotopic (exact) mass is 650 g/mol. The number of aliphatic imine (C=N–C) groups is 2. The summed E-state index contributed by atoms with van der Waals surface area (Å²) in [6.07, 6.45) is 3.55. The van der Waals surface area contributed by atoms with Gasteiger partial charge in [-0.1, -0.05) is 77.9 Å². The minimum atomic E-state index is -0.903. The Kier molecular flexibility index (Phi) is 10.6. The van der Waals surface area contributed by atoms with Crippen LogP contribution in [0.25, 0.3) is 38.4 Å². The highest BCUT2D eigenvalue weighted by Crippen LogP contribution is 2.37. The Morgan fingerprint density at radius 1 is 0.776 bits per heavy atom. The van der Waals surface area contributed by atoms with Crippen molar-refractivity contribution >= 4 is 28.9 Å². The van der Waals surface area contributed by atoms with Crippen LogP contribution in [0.2, 0.25) is 0 Å². The first-order valence-corrected chi connectivity index (χ1v) is 16.0. The van der Waals surface area contributed by atoms with E-state index in [-0.39, 0.29) is 13.0 Å². The van der Waals surface area contributed by atoms with Gasteiger partial charge in [0, 0.05) is 33.9 Å². The third kappa shape index (κ3) is 8.51. The van der Waals surface area contributed by atoms with Crippen molar-refractivity contribution in [2.24, 2.45) is 15.1 Å². The molecule has 4 aromatic carbocycles. The number of rotatable bonds is 15. The lowest BCUT2D eigenvalue weighted by atomic mass is 10.0. The van der Waals surface area contributed by atoms with Crippen LogP contribution in [0.5, 0.6) is 11.5 Å². The van der Waals surface area contributed by atoms with Crippen LogP contribution in [0.1, 0.15) is 30.4 Å². The molecule has 0 saturated carbocycles. The normalized spacial score (nSPS) is 13.0. The van der Waals surface area contributed by atoms with Crippen molar-refractivity contribution in [3.05, 3.63) is 143 Å². The van der Waals surface area contributed by atoms with Gasteiger partial charge < -0.3 is 19.6 Å². The summed E-state index contributed by atoms with van der Waals surface area (Å²) in [6, 6.07) is 37.6. The number of aliphatic carboxylic acids is 1. The molecular formula is C39H34N6O4. The van der Waals surface area contributed by atoms with Crippen LogP contribution in [0, 0.1) is 0 Å². The van der Waals surface area contributed by atoms with E-state index in [4.69, 9.17) is 30.1 Å². The molecule has 0 fully saturated rings. The summed E-state index contributed by atoms with van der Waals surface area (Å²) in [5, 5.41) is 12.5. The first kappa shape index (κ1) is 32.6. The van der Waals surface area contributed by atoms with E-state index in [1.807, 2.05) is 103 Å². The number of unbranched alkanes of at least 4 members (excludes halogenated alkanes) is 1. The van der Waals surface area contributed by atoms with Crippen LogP contribution in [-0.4, -0.2) is 47.4 Å². The molecule has 2 N–H and O–H groups in total. The molecule has 0 radical (unpaired) electrons. The second-order valence-electron chi connectivity index (χ2n) is 11.2. The van der Waals surface area contributed by atoms with Gasteiger partial charge in [0.25, 0.3) is 0 Å². The summed E-state index contributed by atoms with van der Waals surface area (Å²) in [7, 11) is 0. The van der Waals surface area contributed by atoms with Crippen molar-refractivity contribution in [1.29, 1.82) is 0 Å². The number of hydrogen-bond acceptors (Lipinski definition) is 5. The van der Waals surface area contributed by atoms with E-state index in [1.165, 1.54) is 0 Å². The Hall–Kier alpha value is -6.38. The molecule has 1 aromatic heterocycles. The molecule has 49 heavy (non-hydrogen) atoms. The lowest BCUT2D eigenvalue weighted by Gasteiger charge is -2.08. The van der Waals surface area contributed by atoms with Crippen LogP contribution in [-0.2, 0) is 4.79 Å². The summed E-state index contributed by atoms with van der Waals surface area (Å²) in [6.45, 7) is 1.11. The van der Waals surface area contributed by atoms with E-state index < -0.39 is 5.97 Å². The number of ether oxygens (including phenoxy) is 2. The van der Waals surface area contributed by atoms with Gasteiger partial charge >= 0.3 is 5.97 Å². The zero-order valence-corrected chi connectivity index (χ0v) is 26.7. The van der Waals surface area contributed by atoms with E-state index in [0.717, 1.165) is 63.4 Å². The van der Waals surface area contributed by atoms with E-state index >= 15 is 0 Å². The molecule has 0 saturated heterocycles. The van der Waals surface area contributed by atoms with Crippen molar-refractivity contribution in [1.82, 2.24) is 4.98 Å². The van der Waals surface area contributed by atoms with Gasteiger partial charge in [-0.25, -0.2) is 9.98 Å². The van der Waals surface area contributed by atoms with Crippen LogP contribution < -0.4 is 9.47 Å². The molecule has 0 unspecified atom stereocenters. The number of benzene rings is 4. The fourth-order valence-electron chi connectivity index (χ4n) is 5.33. The Morgan fingerprint density at radius 2 is 1.41 bits per heavy atom. The fourth-order valence-corrected chi connectivity index (χ4v) is 5.33. The highest BCUT2D eigenvalue weighted by Gasteiger charge is 2.21. The maximum absolute atomic E-state index is 10.9. The average molecular weight is 651 g/mol. The summed E-state index contributed by atoms with van der Waals surface area (Å²) in [5.41, 5.74) is 15.8. The Bertz CT molecular complexity index is 2030. The number of carbonyl (C=O) groups is 1. The Balaban J connectivity index is 1.32.